The van der Waals surface area contributed by atoms with Crippen LogP contribution < -0.4 is 10.6 Å². The lowest BCUT2D eigenvalue weighted by molar-refractivity contribution is 0.835. The van der Waals surface area contributed by atoms with E-state index in [9.17, 15) is 0 Å². The molecule has 2 rings (SSSR count). The Labute approximate surface area is 106 Å². The number of aromatic nitrogens is 1. The van der Waals surface area contributed by atoms with Crippen molar-refractivity contribution in [3.8, 4) is 0 Å². The summed E-state index contributed by atoms with van der Waals surface area (Å²) in [6.45, 7) is 4.06. The van der Waals surface area contributed by atoms with Gasteiger partial charge in [0.15, 0.2) is 5.13 Å². The molecule has 0 aliphatic carbocycles. The van der Waals surface area contributed by atoms with Gasteiger partial charge in [0, 0.05) is 29.9 Å². The molecule has 0 aliphatic rings. The Morgan fingerprint density at radius 2 is 1.94 bits per heavy atom. The fourth-order valence-electron chi connectivity index (χ4n) is 1.52. The van der Waals surface area contributed by atoms with Crippen LogP contribution >= 0.6 is 11.3 Å². The lowest BCUT2D eigenvalue weighted by atomic mass is 10.2. The molecule has 0 amide bonds. The minimum absolute atomic E-state index is 0.0488. The van der Waals surface area contributed by atoms with Gasteiger partial charge in [-0.15, -0.1) is 0 Å². The molecule has 0 saturated carbocycles. The van der Waals surface area contributed by atoms with Gasteiger partial charge in [0.2, 0.25) is 0 Å². The van der Waals surface area contributed by atoms with Gasteiger partial charge in [0.1, 0.15) is 0 Å². The van der Waals surface area contributed by atoms with E-state index in [0.29, 0.717) is 0 Å². The zero-order valence-corrected chi connectivity index (χ0v) is 11.2. The molecular weight excluding hydrogens is 230 g/mol. The number of hydrogen-bond donors (Lipinski definition) is 1. The lowest BCUT2D eigenvalue weighted by Gasteiger charge is -2.15. The monoisotopic (exact) mass is 247 g/mol. The molecule has 17 heavy (non-hydrogen) atoms. The number of aryl methyl sites for hydroxylation is 1. The van der Waals surface area contributed by atoms with Crippen molar-refractivity contribution in [3.63, 3.8) is 0 Å². The first-order valence-corrected chi connectivity index (χ1v) is 6.41. The van der Waals surface area contributed by atoms with E-state index in [1.165, 1.54) is 5.56 Å². The third kappa shape index (κ3) is 2.65. The normalized spacial score (nSPS) is 12.5. The zero-order chi connectivity index (χ0) is 12.4. The maximum Gasteiger partial charge on any atom is 0.189 e. The van der Waals surface area contributed by atoms with Crippen molar-refractivity contribution < 1.29 is 0 Å². The van der Waals surface area contributed by atoms with Crippen LogP contribution in [-0.4, -0.2) is 12.0 Å². The quantitative estimate of drug-likeness (QED) is 0.905. The van der Waals surface area contributed by atoms with Crippen LogP contribution in [0.3, 0.4) is 0 Å². The maximum atomic E-state index is 5.84. The lowest BCUT2D eigenvalue weighted by Crippen LogP contribution is -2.08. The summed E-state index contributed by atoms with van der Waals surface area (Å²) >= 11 is 1.64. The van der Waals surface area contributed by atoms with Gasteiger partial charge < -0.3 is 10.6 Å². The highest BCUT2D eigenvalue weighted by molar-refractivity contribution is 7.15. The van der Waals surface area contributed by atoms with Crippen molar-refractivity contribution in [2.45, 2.75) is 19.9 Å². The molecular formula is C13H17N3S. The van der Waals surface area contributed by atoms with E-state index in [1.54, 1.807) is 11.3 Å². The fraction of sp³-hybridized carbons (Fsp3) is 0.308. The number of hydrogen-bond acceptors (Lipinski definition) is 4. The first-order chi connectivity index (χ1) is 8.08. The van der Waals surface area contributed by atoms with Gasteiger partial charge in [0.05, 0.1) is 0 Å². The van der Waals surface area contributed by atoms with Crippen LogP contribution in [-0.2, 0) is 0 Å². The summed E-state index contributed by atoms with van der Waals surface area (Å²) in [7, 11) is 2.02. The average Bonchev–Trinajstić information content (AvgIpc) is 2.78. The summed E-state index contributed by atoms with van der Waals surface area (Å²) in [5.74, 6) is 0. The van der Waals surface area contributed by atoms with Crippen LogP contribution in [0.1, 0.15) is 23.4 Å². The molecule has 4 heteroatoms. The van der Waals surface area contributed by atoms with Gasteiger partial charge >= 0.3 is 0 Å². The number of benzene rings is 1. The van der Waals surface area contributed by atoms with Gasteiger partial charge in [-0.2, -0.15) is 0 Å². The molecule has 1 atom stereocenters. The highest BCUT2D eigenvalue weighted by Crippen LogP contribution is 2.30. The van der Waals surface area contributed by atoms with Gasteiger partial charge in [-0.3, -0.25) is 0 Å². The standard InChI is InChI=1S/C13H17N3S/c1-9-4-6-11(7-5-9)16(3)13-15-8-12(17-13)10(2)14/h4-8,10H,14H2,1-3H3. The maximum absolute atomic E-state index is 5.84. The summed E-state index contributed by atoms with van der Waals surface area (Å²) in [6, 6.07) is 8.45. The topological polar surface area (TPSA) is 42.2 Å². The fourth-order valence-corrected chi connectivity index (χ4v) is 2.37. The number of anilines is 2. The highest BCUT2D eigenvalue weighted by Gasteiger charge is 2.10. The number of nitrogens with zero attached hydrogens (tertiary/aromatic N) is 2. The molecule has 90 valence electrons. The summed E-state index contributed by atoms with van der Waals surface area (Å²) in [6.07, 6.45) is 1.86. The molecule has 0 aliphatic heterocycles. The van der Waals surface area contributed by atoms with E-state index in [4.69, 9.17) is 5.73 Å². The number of thiazole rings is 1. The second-order valence-corrected chi connectivity index (χ2v) is 5.27. The van der Waals surface area contributed by atoms with Crippen LogP contribution in [0.4, 0.5) is 10.8 Å². The van der Waals surface area contributed by atoms with Crippen LogP contribution in [0.25, 0.3) is 0 Å². The Bertz CT molecular complexity index is 488. The first-order valence-electron chi connectivity index (χ1n) is 5.59. The first kappa shape index (κ1) is 12.1. The predicted octanol–water partition coefficient (Wildman–Crippen LogP) is 3.24. The summed E-state index contributed by atoms with van der Waals surface area (Å²) in [5, 5.41) is 0.973. The van der Waals surface area contributed by atoms with Gasteiger partial charge in [-0.05, 0) is 26.0 Å². The second-order valence-electron chi connectivity index (χ2n) is 4.23. The predicted molar refractivity (Wildman–Crippen MR) is 74.0 cm³/mol. The molecule has 3 nitrogen and oxygen atoms in total. The molecule has 1 aromatic heterocycles. The molecule has 0 saturated heterocycles. The molecule has 2 aromatic rings. The van der Waals surface area contributed by atoms with E-state index in [2.05, 4.69) is 41.1 Å². The molecule has 0 spiro atoms. The molecule has 2 N–H and O–H groups in total. The van der Waals surface area contributed by atoms with E-state index in [-0.39, 0.29) is 6.04 Å². The Hall–Kier alpha value is -1.39. The Balaban J connectivity index is 2.24. The molecule has 1 unspecified atom stereocenters. The summed E-state index contributed by atoms with van der Waals surface area (Å²) in [5.41, 5.74) is 8.24. The molecule has 0 radical (unpaired) electrons. The van der Waals surface area contributed by atoms with E-state index in [0.717, 1.165) is 15.7 Å². The third-order valence-electron chi connectivity index (χ3n) is 2.67. The highest BCUT2D eigenvalue weighted by atomic mass is 32.1. The van der Waals surface area contributed by atoms with E-state index < -0.39 is 0 Å². The zero-order valence-electron chi connectivity index (χ0n) is 10.3. The van der Waals surface area contributed by atoms with Crippen molar-refractivity contribution in [1.29, 1.82) is 0 Å². The Kier molecular flexibility index (Phi) is 3.45. The van der Waals surface area contributed by atoms with Gasteiger partial charge in [-0.25, -0.2) is 4.98 Å². The van der Waals surface area contributed by atoms with Crippen molar-refractivity contribution in [2.75, 3.05) is 11.9 Å². The third-order valence-corrected chi connectivity index (χ3v) is 3.94. The Morgan fingerprint density at radius 3 is 2.47 bits per heavy atom. The van der Waals surface area contributed by atoms with Crippen LogP contribution in [0.2, 0.25) is 0 Å². The summed E-state index contributed by atoms with van der Waals surface area (Å²) < 4.78 is 0. The smallest absolute Gasteiger partial charge is 0.189 e. The van der Waals surface area contributed by atoms with E-state index in [1.807, 2.05) is 20.2 Å². The molecule has 1 heterocycles. The van der Waals surface area contributed by atoms with Crippen LogP contribution in [0, 0.1) is 6.92 Å². The van der Waals surface area contributed by atoms with Gasteiger partial charge in [-0.1, -0.05) is 29.0 Å². The Morgan fingerprint density at radius 1 is 1.29 bits per heavy atom. The van der Waals surface area contributed by atoms with Crippen LogP contribution in [0.15, 0.2) is 30.5 Å². The largest absolute Gasteiger partial charge is 0.323 e. The number of rotatable bonds is 3. The van der Waals surface area contributed by atoms with Crippen molar-refractivity contribution in [1.82, 2.24) is 4.98 Å². The SMILES string of the molecule is Cc1ccc(N(C)c2ncc(C(C)N)s2)cc1. The number of nitrogens with two attached hydrogens (primary N) is 1. The van der Waals surface area contributed by atoms with Gasteiger partial charge in [0.25, 0.3) is 0 Å². The molecule has 0 fully saturated rings. The minimum Gasteiger partial charge on any atom is -0.323 e. The van der Waals surface area contributed by atoms with Crippen molar-refractivity contribution >= 4 is 22.2 Å². The van der Waals surface area contributed by atoms with E-state index >= 15 is 0 Å². The second kappa shape index (κ2) is 4.85. The van der Waals surface area contributed by atoms with Crippen molar-refractivity contribution in [3.05, 3.63) is 40.9 Å². The van der Waals surface area contributed by atoms with Crippen molar-refractivity contribution in [2.24, 2.45) is 5.73 Å². The summed E-state index contributed by atoms with van der Waals surface area (Å²) in [4.78, 5) is 7.59. The minimum atomic E-state index is 0.0488. The molecule has 0 bridgehead atoms. The van der Waals surface area contributed by atoms with Crippen LogP contribution in [0.5, 0.6) is 0 Å². The average molecular weight is 247 g/mol. The molecule has 1 aromatic carbocycles.